The third-order valence-electron chi connectivity index (χ3n) is 4.03. The van der Waals surface area contributed by atoms with E-state index in [0.29, 0.717) is 24.4 Å². The normalized spacial score (nSPS) is 20.1. The van der Waals surface area contributed by atoms with E-state index in [0.717, 1.165) is 18.7 Å². The number of carbonyl (C=O) groups is 1. The molecule has 0 aliphatic carbocycles. The first-order valence-electron chi connectivity index (χ1n) is 7.10. The third-order valence-corrected chi connectivity index (χ3v) is 4.27. The maximum atomic E-state index is 11.0. The van der Waals surface area contributed by atoms with Crippen molar-refractivity contribution in [3.63, 3.8) is 0 Å². The Morgan fingerprint density at radius 2 is 2.05 bits per heavy atom. The zero-order valence-electron chi connectivity index (χ0n) is 11.8. The Balaban J connectivity index is 1.84. The quantitative estimate of drug-likeness (QED) is 0.755. The number of hydrogen-bond acceptors (Lipinski definition) is 4. The number of carbonyl (C=O) groups excluding carboxylic acids is 1. The molecule has 1 fully saturated rings. The second-order valence-corrected chi connectivity index (χ2v) is 5.99. The fraction of sp³-hybridized carbons (Fsp3) is 0.533. The van der Waals surface area contributed by atoms with E-state index in [9.17, 15) is 15.0 Å². The van der Waals surface area contributed by atoms with Gasteiger partial charge in [-0.1, -0.05) is 23.7 Å². The smallest absolute Gasteiger partial charge is 0.246 e. The molecule has 1 aliphatic rings. The Kier molecular flexibility index (Phi) is 5.58. The lowest BCUT2D eigenvalue weighted by Crippen LogP contribution is -2.43. The molecule has 6 heteroatoms. The van der Waals surface area contributed by atoms with E-state index in [1.165, 1.54) is 0 Å². The highest BCUT2D eigenvalue weighted by Gasteiger charge is 2.29. The first-order chi connectivity index (χ1) is 9.97. The van der Waals surface area contributed by atoms with Crippen molar-refractivity contribution < 1.29 is 15.0 Å². The number of nitrogens with zero attached hydrogens (tertiary/aromatic N) is 1. The Morgan fingerprint density at radius 3 is 2.62 bits per heavy atom. The van der Waals surface area contributed by atoms with E-state index >= 15 is 0 Å². The Hall–Kier alpha value is -1.14. The molecular formula is C15H21ClN2O3. The van der Waals surface area contributed by atoms with Gasteiger partial charge in [-0.3, -0.25) is 4.79 Å². The van der Waals surface area contributed by atoms with Crippen LogP contribution in [0.3, 0.4) is 0 Å². The average Bonchev–Trinajstić information content (AvgIpc) is 2.47. The second kappa shape index (κ2) is 7.22. The fourth-order valence-corrected chi connectivity index (χ4v) is 2.95. The van der Waals surface area contributed by atoms with Crippen molar-refractivity contribution in [2.45, 2.75) is 25.0 Å². The SMILES string of the molecule is NC(=O)[C@H](O)C1CCN(C[C@@H](O)c2cccc(Cl)c2)CC1. The van der Waals surface area contributed by atoms with Crippen LogP contribution in [0.5, 0.6) is 0 Å². The van der Waals surface area contributed by atoms with Gasteiger partial charge in [0.1, 0.15) is 6.10 Å². The van der Waals surface area contributed by atoms with Crippen LogP contribution < -0.4 is 5.73 Å². The summed E-state index contributed by atoms with van der Waals surface area (Å²) < 4.78 is 0. The van der Waals surface area contributed by atoms with Gasteiger partial charge in [0.15, 0.2) is 0 Å². The van der Waals surface area contributed by atoms with Gasteiger partial charge >= 0.3 is 0 Å². The Morgan fingerprint density at radius 1 is 1.38 bits per heavy atom. The van der Waals surface area contributed by atoms with E-state index in [2.05, 4.69) is 4.90 Å². The number of β-amino-alcohol motifs (C(OH)–C–C–N with tert-alkyl or cyclic N) is 1. The van der Waals surface area contributed by atoms with Gasteiger partial charge in [-0.2, -0.15) is 0 Å². The lowest BCUT2D eigenvalue weighted by Gasteiger charge is -2.34. The number of rotatable bonds is 5. The van der Waals surface area contributed by atoms with Crippen LogP contribution in [0.4, 0.5) is 0 Å². The van der Waals surface area contributed by atoms with Crippen LogP contribution in [0, 0.1) is 5.92 Å². The number of primary amides is 1. The lowest BCUT2D eigenvalue weighted by atomic mass is 9.90. The lowest BCUT2D eigenvalue weighted by molar-refractivity contribution is -0.129. The summed E-state index contributed by atoms with van der Waals surface area (Å²) >= 11 is 5.92. The van der Waals surface area contributed by atoms with Crippen LogP contribution in [-0.2, 0) is 4.79 Å². The van der Waals surface area contributed by atoms with Gasteiger partial charge in [0, 0.05) is 11.6 Å². The van der Waals surface area contributed by atoms with Gasteiger partial charge in [-0.15, -0.1) is 0 Å². The molecule has 116 valence electrons. The van der Waals surface area contributed by atoms with Crippen LogP contribution in [0.1, 0.15) is 24.5 Å². The van der Waals surface area contributed by atoms with Gasteiger partial charge in [0.25, 0.3) is 0 Å². The molecular weight excluding hydrogens is 292 g/mol. The minimum Gasteiger partial charge on any atom is -0.387 e. The third kappa shape index (κ3) is 4.41. The van der Waals surface area contributed by atoms with Gasteiger partial charge < -0.3 is 20.8 Å². The van der Waals surface area contributed by atoms with Crippen LogP contribution in [0.25, 0.3) is 0 Å². The summed E-state index contributed by atoms with van der Waals surface area (Å²) in [6, 6.07) is 7.20. The summed E-state index contributed by atoms with van der Waals surface area (Å²) in [5, 5.41) is 20.5. The second-order valence-electron chi connectivity index (χ2n) is 5.56. The molecule has 0 unspecified atom stereocenters. The Labute approximate surface area is 129 Å². The number of aliphatic hydroxyl groups is 2. The molecule has 0 bridgehead atoms. The van der Waals surface area contributed by atoms with Crippen molar-refractivity contribution in [2.75, 3.05) is 19.6 Å². The number of halogens is 1. The van der Waals surface area contributed by atoms with Crippen LogP contribution in [0.15, 0.2) is 24.3 Å². The standard InChI is InChI=1S/C15H21ClN2O3/c16-12-3-1-2-11(8-12)13(19)9-18-6-4-10(5-7-18)14(20)15(17)21/h1-3,8,10,13-14,19-20H,4-7,9H2,(H2,17,21)/t13-,14-/m1/s1. The summed E-state index contributed by atoms with van der Waals surface area (Å²) in [7, 11) is 0. The first-order valence-corrected chi connectivity index (χ1v) is 7.48. The number of likely N-dealkylation sites (tertiary alicyclic amines) is 1. The van der Waals surface area contributed by atoms with Crippen molar-refractivity contribution in [1.29, 1.82) is 0 Å². The zero-order valence-corrected chi connectivity index (χ0v) is 12.5. The topological polar surface area (TPSA) is 86.8 Å². The van der Waals surface area contributed by atoms with Crippen LogP contribution in [0.2, 0.25) is 5.02 Å². The van der Waals surface area contributed by atoms with E-state index in [-0.39, 0.29) is 5.92 Å². The van der Waals surface area contributed by atoms with Crippen LogP contribution >= 0.6 is 11.6 Å². The molecule has 1 heterocycles. The molecule has 2 atom stereocenters. The minimum atomic E-state index is -1.06. The number of amides is 1. The summed E-state index contributed by atoms with van der Waals surface area (Å²) in [4.78, 5) is 13.1. The summed E-state index contributed by atoms with van der Waals surface area (Å²) in [5.74, 6) is -0.741. The molecule has 1 amide bonds. The molecule has 21 heavy (non-hydrogen) atoms. The molecule has 0 aromatic heterocycles. The van der Waals surface area contributed by atoms with E-state index in [4.69, 9.17) is 17.3 Å². The van der Waals surface area contributed by atoms with Crippen molar-refractivity contribution in [3.05, 3.63) is 34.9 Å². The predicted molar refractivity (Wildman–Crippen MR) is 80.8 cm³/mol. The summed E-state index contributed by atoms with van der Waals surface area (Å²) in [5.41, 5.74) is 5.91. The van der Waals surface area contributed by atoms with Crippen molar-refractivity contribution in [1.82, 2.24) is 4.90 Å². The minimum absolute atomic E-state index is 0.0814. The van der Waals surface area contributed by atoms with Crippen molar-refractivity contribution in [2.24, 2.45) is 11.7 Å². The monoisotopic (exact) mass is 312 g/mol. The molecule has 1 aliphatic heterocycles. The van der Waals surface area contributed by atoms with Gasteiger partial charge in [-0.05, 0) is 49.5 Å². The average molecular weight is 313 g/mol. The number of piperidine rings is 1. The highest BCUT2D eigenvalue weighted by Crippen LogP contribution is 2.24. The van der Waals surface area contributed by atoms with E-state index in [1.54, 1.807) is 12.1 Å². The van der Waals surface area contributed by atoms with Gasteiger partial charge in [-0.25, -0.2) is 0 Å². The van der Waals surface area contributed by atoms with Crippen LogP contribution in [-0.4, -0.2) is 46.8 Å². The molecule has 0 saturated carbocycles. The highest BCUT2D eigenvalue weighted by molar-refractivity contribution is 6.30. The predicted octanol–water partition coefficient (Wildman–Crippen LogP) is 0.932. The first kappa shape index (κ1) is 16.2. The molecule has 4 N–H and O–H groups in total. The maximum Gasteiger partial charge on any atom is 0.246 e. The summed E-state index contributed by atoms with van der Waals surface area (Å²) in [6.07, 6.45) is -0.259. The van der Waals surface area contributed by atoms with Gasteiger partial charge in [0.2, 0.25) is 5.91 Å². The Bertz CT molecular complexity index is 490. The maximum absolute atomic E-state index is 11.0. The highest BCUT2D eigenvalue weighted by atomic mass is 35.5. The zero-order chi connectivity index (χ0) is 15.4. The molecule has 5 nitrogen and oxygen atoms in total. The molecule has 2 rings (SSSR count). The largest absolute Gasteiger partial charge is 0.387 e. The number of nitrogens with two attached hydrogens (primary N) is 1. The molecule has 1 aromatic carbocycles. The fourth-order valence-electron chi connectivity index (χ4n) is 2.75. The van der Waals surface area contributed by atoms with Crippen molar-refractivity contribution >= 4 is 17.5 Å². The van der Waals surface area contributed by atoms with E-state index in [1.807, 2.05) is 12.1 Å². The molecule has 1 saturated heterocycles. The number of benzene rings is 1. The molecule has 1 aromatic rings. The van der Waals surface area contributed by atoms with Crippen molar-refractivity contribution in [3.8, 4) is 0 Å². The summed E-state index contributed by atoms with van der Waals surface area (Å²) in [6.45, 7) is 1.97. The van der Waals surface area contributed by atoms with Gasteiger partial charge in [0.05, 0.1) is 6.10 Å². The number of hydrogen-bond donors (Lipinski definition) is 3. The molecule has 0 spiro atoms. The molecule has 0 radical (unpaired) electrons. The van der Waals surface area contributed by atoms with E-state index < -0.39 is 18.1 Å². The number of aliphatic hydroxyl groups excluding tert-OH is 2.